The number of aromatic nitrogens is 2. The van der Waals surface area contributed by atoms with Crippen LogP contribution in [0.4, 0.5) is 5.13 Å². The minimum atomic E-state index is -0.326. The number of esters is 1. The summed E-state index contributed by atoms with van der Waals surface area (Å²) < 4.78 is 6.79. The molecule has 134 valence electrons. The van der Waals surface area contributed by atoms with E-state index >= 15 is 0 Å². The first-order valence-electron chi connectivity index (χ1n) is 8.26. The van der Waals surface area contributed by atoms with Crippen LogP contribution in [-0.4, -0.2) is 28.0 Å². The molecule has 0 bridgehead atoms. The van der Waals surface area contributed by atoms with Crippen LogP contribution in [0.25, 0.3) is 0 Å². The smallest absolute Gasteiger partial charge is 0.311 e. The number of carbonyl (C=O) groups is 2. The molecule has 0 saturated carbocycles. The van der Waals surface area contributed by atoms with Crippen LogP contribution >= 0.6 is 11.3 Å². The molecular weight excluding hydrogens is 350 g/mol. The Morgan fingerprint density at radius 3 is 2.77 bits per heavy atom. The zero-order valence-corrected chi connectivity index (χ0v) is 15.2. The molecule has 0 saturated heterocycles. The molecule has 0 fully saturated rings. The van der Waals surface area contributed by atoms with Gasteiger partial charge in [0, 0.05) is 18.1 Å². The van der Waals surface area contributed by atoms with Crippen molar-refractivity contribution in [3.8, 4) is 0 Å². The third kappa shape index (κ3) is 4.58. The first kappa shape index (κ1) is 17.9. The number of hydrogen-bond acceptors (Lipinski definition) is 5. The van der Waals surface area contributed by atoms with Crippen molar-refractivity contribution < 1.29 is 14.3 Å². The third-order valence-corrected chi connectivity index (χ3v) is 4.47. The topological polar surface area (TPSA) is 73.2 Å². The number of hydrogen-bond donors (Lipinski definition) is 1. The first-order valence-corrected chi connectivity index (χ1v) is 9.14. The summed E-state index contributed by atoms with van der Waals surface area (Å²) in [6.07, 6.45) is 1.97. The third-order valence-electron chi connectivity index (χ3n) is 3.66. The van der Waals surface area contributed by atoms with E-state index in [-0.39, 0.29) is 18.3 Å². The van der Waals surface area contributed by atoms with Gasteiger partial charge in [0.05, 0.1) is 18.7 Å². The Kier molecular flexibility index (Phi) is 5.80. The molecule has 0 aliphatic carbocycles. The van der Waals surface area contributed by atoms with Gasteiger partial charge in [-0.2, -0.15) is 0 Å². The van der Waals surface area contributed by atoms with E-state index in [1.807, 2.05) is 47.2 Å². The molecule has 3 aromatic rings. The number of amides is 1. The molecule has 7 heteroatoms. The van der Waals surface area contributed by atoms with Gasteiger partial charge in [-0.25, -0.2) is 4.98 Å². The van der Waals surface area contributed by atoms with Crippen molar-refractivity contribution in [2.75, 3.05) is 11.9 Å². The van der Waals surface area contributed by atoms with Crippen LogP contribution in [0.15, 0.2) is 54.0 Å². The number of rotatable bonds is 7. The summed E-state index contributed by atoms with van der Waals surface area (Å²) in [6, 6.07) is 13.5. The molecule has 26 heavy (non-hydrogen) atoms. The van der Waals surface area contributed by atoms with Crippen molar-refractivity contribution in [1.82, 2.24) is 9.55 Å². The zero-order chi connectivity index (χ0) is 18.4. The lowest BCUT2D eigenvalue weighted by atomic mass is 10.2. The predicted octanol–water partition coefficient (Wildman–Crippen LogP) is 3.35. The molecule has 0 aliphatic rings. The van der Waals surface area contributed by atoms with E-state index in [1.54, 1.807) is 18.4 Å². The maximum absolute atomic E-state index is 12.6. The lowest BCUT2D eigenvalue weighted by Gasteiger charge is -2.08. The van der Waals surface area contributed by atoms with Crippen molar-refractivity contribution in [2.24, 2.45) is 0 Å². The van der Waals surface area contributed by atoms with E-state index in [0.717, 1.165) is 5.56 Å². The Bertz CT molecular complexity index is 886. The minimum Gasteiger partial charge on any atom is -0.466 e. The second kappa shape index (κ2) is 8.44. The van der Waals surface area contributed by atoms with Gasteiger partial charge in [0.15, 0.2) is 5.13 Å². The Labute approximate surface area is 155 Å². The molecular formula is C19H19N3O3S. The van der Waals surface area contributed by atoms with Gasteiger partial charge in [0.1, 0.15) is 5.69 Å². The van der Waals surface area contributed by atoms with Gasteiger partial charge in [-0.1, -0.05) is 30.3 Å². The van der Waals surface area contributed by atoms with E-state index in [9.17, 15) is 9.59 Å². The fourth-order valence-corrected chi connectivity index (χ4v) is 3.21. The van der Waals surface area contributed by atoms with Gasteiger partial charge >= 0.3 is 5.97 Å². The van der Waals surface area contributed by atoms with Crippen molar-refractivity contribution >= 4 is 28.3 Å². The lowest BCUT2D eigenvalue weighted by molar-refractivity contribution is -0.142. The van der Waals surface area contributed by atoms with E-state index in [1.165, 1.54) is 11.3 Å². The molecule has 1 N–H and O–H groups in total. The molecule has 3 rings (SSSR count). The van der Waals surface area contributed by atoms with Gasteiger partial charge in [-0.3, -0.25) is 14.9 Å². The Balaban J connectivity index is 1.65. The van der Waals surface area contributed by atoms with Crippen LogP contribution in [0.3, 0.4) is 0 Å². The fraction of sp³-hybridized carbons (Fsp3) is 0.211. The maximum Gasteiger partial charge on any atom is 0.311 e. The van der Waals surface area contributed by atoms with Crippen LogP contribution in [0.2, 0.25) is 0 Å². The van der Waals surface area contributed by atoms with Crippen molar-refractivity contribution in [1.29, 1.82) is 0 Å². The Hall–Kier alpha value is -2.93. The monoisotopic (exact) mass is 369 g/mol. The SMILES string of the molecule is CCOC(=O)Cc1csc(NC(=O)c2cccn2Cc2ccccc2)n1. The summed E-state index contributed by atoms with van der Waals surface area (Å²) in [5, 5.41) is 5.00. The second-order valence-electron chi connectivity index (χ2n) is 5.59. The van der Waals surface area contributed by atoms with E-state index in [2.05, 4.69) is 10.3 Å². The number of benzene rings is 1. The predicted molar refractivity (Wildman–Crippen MR) is 100 cm³/mol. The van der Waals surface area contributed by atoms with Gasteiger partial charge in [-0.05, 0) is 24.6 Å². The van der Waals surface area contributed by atoms with E-state index in [4.69, 9.17) is 4.74 Å². The molecule has 6 nitrogen and oxygen atoms in total. The number of nitrogens with one attached hydrogen (secondary N) is 1. The van der Waals surface area contributed by atoms with Crippen molar-refractivity contribution in [2.45, 2.75) is 19.9 Å². The summed E-state index contributed by atoms with van der Waals surface area (Å²) in [5.41, 5.74) is 2.25. The normalized spacial score (nSPS) is 10.5. The van der Waals surface area contributed by atoms with Crippen LogP contribution in [0, 0.1) is 0 Å². The zero-order valence-electron chi connectivity index (χ0n) is 14.3. The first-order chi connectivity index (χ1) is 12.7. The van der Waals surface area contributed by atoms with Crippen LogP contribution in [-0.2, 0) is 22.5 Å². The summed E-state index contributed by atoms with van der Waals surface area (Å²) in [5.74, 6) is -0.560. The average molecular weight is 369 g/mol. The van der Waals surface area contributed by atoms with Gasteiger partial charge in [0.2, 0.25) is 0 Å². The molecule has 0 aliphatic heterocycles. The number of carbonyl (C=O) groups excluding carboxylic acids is 2. The number of thiazole rings is 1. The molecule has 0 spiro atoms. The van der Waals surface area contributed by atoms with Crippen molar-refractivity contribution in [3.63, 3.8) is 0 Å². The van der Waals surface area contributed by atoms with E-state index < -0.39 is 0 Å². The highest BCUT2D eigenvalue weighted by Gasteiger charge is 2.14. The average Bonchev–Trinajstić information content (AvgIpc) is 3.25. The van der Waals surface area contributed by atoms with E-state index in [0.29, 0.717) is 29.7 Å². The molecule has 1 amide bonds. The summed E-state index contributed by atoms with van der Waals surface area (Å²) >= 11 is 1.28. The van der Waals surface area contributed by atoms with Crippen LogP contribution in [0.5, 0.6) is 0 Å². The minimum absolute atomic E-state index is 0.102. The highest BCUT2D eigenvalue weighted by molar-refractivity contribution is 7.14. The summed E-state index contributed by atoms with van der Waals surface area (Å²) in [4.78, 5) is 28.3. The van der Waals surface area contributed by atoms with Gasteiger partial charge < -0.3 is 9.30 Å². The Morgan fingerprint density at radius 1 is 1.19 bits per heavy atom. The van der Waals surface area contributed by atoms with Crippen LogP contribution < -0.4 is 5.32 Å². The molecule has 0 radical (unpaired) electrons. The molecule has 0 unspecified atom stereocenters. The van der Waals surface area contributed by atoms with Crippen molar-refractivity contribution in [3.05, 3.63) is 71.0 Å². The lowest BCUT2D eigenvalue weighted by Crippen LogP contribution is -2.17. The summed E-state index contributed by atoms with van der Waals surface area (Å²) in [6.45, 7) is 2.71. The molecule has 0 atom stereocenters. The second-order valence-corrected chi connectivity index (χ2v) is 6.44. The summed E-state index contributed by atoms with van der Waals surface area (Å²) in [7, 11) is 0. The molecule has 2 aromatic heterocycles. The Morgan fingerprint density at radius 2 is 2.00 bits per heavy atom. The molecule has 2 heterocycles. The van der Waals surface area contributed by atoms with Crippen LogP contribution in [0.1, 0.15) is 28.7 Å². The fourth-order valence-electron chi connectivity index (χ4n) is 2.50. The highest BCUT2D eigenvalue weighted by atomic mass is 32.1. The maximum atomic E-state index is 12.6. The quantitative estimate of drug-likeness (QED) is 0.648. The largest absolute Gasteiger partial charge is 0.466 e. The van der Waals surface area contributed by atoms with Gasteiger partial charge in [0.25, 0.3) is 5.91 Å². The number of anilines is 1. The molecule has 1 aromatic carbocycles. The highest BCUT2D eigenvalue weighted by Crippen LogP contribution is 2.18. The number of nitrogens with zero attached hydrogens (tertiary/aromatic N) is 2. The standard InChI is InChI=1S/C19H19N3O3S/c1-2-25-17(23)11-15-13-26-19(20-15)21-18(24)16-9-6-10-22(16)12-14-7-4-3-5-8-14/h3-10,13H,2,11-12H2,1H3,(H,20,21,24). The number of ether oxygens (including phenoxy) is 1. The van der Waals surface area contributed by atoms with Gasteiger partial charge in [-0.15, -0.1) is 11.3 Å².